The Hall–Kier alpha value is -1.45. The zero-order valence-corrected chi connectivity index (χ0v) is 14.1. The molecule has 0 amide bonds. The van der Waals surface area contributed by atoms with Gasteiger partial charge in [0.15, 0.2) is 5.78 Å². The van der Waals surface area contributed by atoms with Gasteiger partial charge in [-0.05, 0) is 64.0 Å². The molecule has 1 aromatic carbocycles. The molecule has 1 heterocycles. The summed E-state index contributed by atoms with van der Waals surface area (Å²) in [7, 11) is 0. The third-order valence-electron chi connectivity index (χ3n) is 3.91. The molecule has 0 spiro atoms. The van der Waals surface area contributed by atoms with Crippen molar-refractivity contribution >= 4 is 45.2 Å². The molecule has 0 fully saturated rings. The molecule has 1 aliphatic rings. The van der Waals surface area contributed by atoms with Gasteiger partial charge in [-0.1, -0.05) is 36.4 Å². The second-order valence-electron chi connectivity index (χ2n) is 5.36. The maximum atomic E-state index is 12.7. The number of carbonyl (C=O) groups excluding carboxylic acids is 1. The Balaban J connectivity index is 1.95. The van der Waals surface area contributed by atoms with E-state index in [2.05, 4.69) is 51.7 Å². The highest BCUT2D eigenvalue weighted by Crippen LogP contribution is 2.40. The first-order chi connectivity index (χ1) is 10.1. The Kier molecular flexibility index (Phi) is 3.96. The van der Waals surface area contributed by atoms with Gasteiger partial charge in [0.05, 0.1) is 9.90 Å². The Morgan fingerprint density at radius 2 is 2.05 bits per heavy atom. The molecule has 0 saturated carbocycles. The number of benzene rings is 1. The highest BCUT2D eigenvalue weighted by Gasteiger charge is 2.39. The van der Waals surface area contributed by atoms with Gasteiger partial charge in [0.1, 0.15) is 0 Å². The van der Waals surface area contributed by atoms with Crippen LogP contribution in [0.1, 0.15) is 29.3 Å². The molecule has 0 bridgehead atoms. The standard InChI is InChI=1S/C18H15BrOS/c1-18(10-4-7-14-8-5-11-21-14)15-9-3-2-6-13(15)12-16(19)17(18)20/h2-9,11-12H,10H2,1H3/b7-4+/t18-/m0/s1. The minimum Gasteiger partial charge on any atom is -0.293 e. The van der Waals surface area contributed by atoms with Crippen LogP contribution >= 0.6 is 27.3 Å². The van der Waals surface area contributed by atoms with E-state index < -0.39 is 5.41 Å². The number of thiophene rings is 1. The highest BCUT2D eigenvalue weighted by molar-refractivity contribution is 9.12. The van der Waals surface area contributed by atoms with Gasteiger partial charge in [0.25, 0.3) is 0 Å². The predicted molar refractivity (Wildman–Crippen MR) is 93.7 cm³/mol. The summed E-state index contributed by atoms with van der Waals surface area (Å²) in [5.74, 6) is 0.150. The van der Waals surface area contributed by atoms with Crippen molar-refractivity contribution in [3.8, 4) is 0 Å². The molecule has 0 radical (unpaired) electrons. The van der Waals surface area contributed by atoms with Crippen molar-refractivity contribution in [2.45, 2.75) is 18.8 Å². The lowest BCUT2D eigenvalue weighted by atomic mass is 9.71. The molecule has 106 valence electrons. The Morgan fingerprint density at radius 1 is 1.24 bits per heavy atom. The van der Waals surface area contributed by atoms with Crippen molar-refractivity contribution in [3.63, 3.8) is 0 Å². The van der Waals surface area contributed by atoms with Crippen molar-refractivity contribution in [2.24, 2.45) is 0 Å². The second-order valence-corrected chi connectivity index (χ2v) is 7.20. The van der Waals surface area contributed by atoms with E-state index in [4.69, 9.17) is 0 Å². The van der Waals surface area contributed by atoms with Crippen molar-refractivity contribution in [2.75, 3.05) is 0 Å². The summed E-state index contributed by atoms with van der Waals surface area (Å²) in [6.07, 6.45) is 6.82. The molecule has 3 heteroatoms. The molecule has 1 aliphatic carbocycles. The number of carbonyl (C=O) groups is 1. The first-order valence-corrected chi connectivity index (χ1v) is 8.50. The van der Waals surface area contributed by atoms with Crippen LogP contribution in [0.5, 0.6) is 0 Å². The van der Waals surface area contributed by atoms with Crippen molar-refractivity contribution in [1.82, 2.24) is 0 Å². The van der Waals surface area contributed by atoms with E-state index in [1.54, 1.807) is 11.3 Å². The normalized spacial score (nSPS) is 21.4. The molecule has 0 N–H and O–H groups in total. The van der Waals surface area contributed by atoms with E-state index in [-0.39, 0.29) is 5.78 Å². The van der Waals surface area contributed by atoms with Crippen LogP contribution in [0.15, 0.2) is 52.3 Å². The summed E-state index contributed by atoms with van der Waals surface area (Å²) in [5, 5.41) is 2.06. The minimum absolute atomic E-state index is 0.150. The Bertz CT molecular complexity index is 727. The van der Waals surface area contributed by atoms with Crippen LogP contribution in [-0.4, -0.2) is 5.78 Å². The third kappa shape index (κ3) is 2.68. The number of halogens is 1. The average molecular weight is 359 g/mol. The first kappa shape index (κ1) is 14.5. The second kappa shape index (κ2) is 5.74. The fraction of sp³-hybridized carbons (Fsp3) is 0.167. The number of allylic oxidation sites excluding steroid dienone is 2. The number of fused-ring (bicyclic) bond motifs is 1. The van der Waals surface area contributed by atoms with Crippen molar-refractivity contribution in [3.05, 3.63) is 68.3 Å². The van der Waals surface area contributed by atoms with Crippen LogP contribution in [0.2, 0.25) is 0 Å². The van der Waals surface area contributed by atoms with Crippen LogP contribution in [0, 0.1) is 0 Å². The summed E-state index contributed by atoms with van der Waals surface area (Å²) in [4.78, 5) is 13.9. The van der Waals surface area contributed by atoms with E-state index in [1.807, 2.05) is 31.2 Å². The van der Waals surface area contributed by atoms with Gasteiger partial charge in [-0.3, -0.25) is 4.79 Å². The molecule has 2 aromatic rings. The molecule has 0 unspecified atom stereocenters. The number of rotatable bonds is 3. The summed E-state index contributed by atoms with van der Waals surface area (Å²) in [5.41, 5.74) is 1.72. The van der Waals surface area contributed by atoms with Crippen LogP contribution in [-0.2, 0) is 10.2 Å². The fourth-order valence-corrected chi connectivity index (χ4v) is 4.04. The molecule has 21 heavy (non-hydrogen) atoms. The summed E-state index contributed by atoms with van der Waals surface area (Å²) < 4.78 is 0.660. The van der Waals surface area contributed by atoms with Gasteiger partial charge >= 0.3 is 0 Å². The van der Waals surface area contributed by atoms with Gasteiger partial charge in [0.2, 0.25) is 0 Å². The predicted octanol–water partition coefficient (Wildman–Crippen LogP) is 5.43. The minimum atomic E-state index is -0.502. The number of ketones is 1. The molecule has 3 rings (SSSR count). The SMILES string of the molecule is C[C@@]1(C/C=C/c2cccs2)C(=O)C(Br)=Cc2ccccc21. The molecule has 0 aliphatic heterocycles. The lowest BCUT2D eigenvalue weighted by molar-refractivity contribution is -0.119. The van der Waals surface area contributed by atoms with E-state index in [0.717, 1.165) is 11.1 Å². The van der Waals surface area contributed by atoms with Crippen LogP contribution in [0.25, 0.3) is 12.2 Å². The summed E-state index contributed by atoms with van der Waals surface area (Å²) >= 11 is 5.12. The zero-order chi connectivity index (χ0) is 14.9. The van der Waals surface area contributed by atoms with Crippen molar-refractivity contribution < 1.29 is 4.79 Å². The van der Waals surface area contributed by atoms with E-state index in [0.29, 0.717) is 10.9 Å². The van der Waals surface area contributed by atoms with Gasteiger partial charge < -0.3 is 0 Å². The quantitative estimate of drug-likeness (QED) is 0.714. The van der Waals surface area contributed by atoms with Gasteiger partial charge in [-0.2, -0.15) is 0 Å². The van der Waals surface area contributed by atoms with Crippen LogP contribution in [0.4, 0.5) is 0 Å². The highest BCUT2D eigenvalue weighted by atomic mass is 79.9. The Labute approximate surface area is 137 Å². The third-order valence-corrected chi connectivity index (χ3v) is 5.33. The first-order valence-electron chi connectivity index (χ1n) is 6.83. The lowest BCUT2D eigenvalue weighted by Gasteiger charge is -2.32. The summed E-state index contributed by atoms with van der Waals surface area (Å²) in [6.45, 7) is 2.03. The van der Waals surface area contributed by atoms with Gasteiger partial charge in [-0.15, -0.1) is 11.3 Å². The molecule has 1 atom stereocenters. The molecular formula is C18H15BrOS. The topological polar surface area (TPSA) is 17.1 Å². The molecule has 1 aromatic heterocycles. The molecule has 1 nitrogen and oxygen atoms in total. The zero-order valence-electron chi connectivity index (χ0n) is 11.7. The van der Waals surface area contributed by atoms with Gasteiger partial charge in [-0.25, -0.2) is 0 Å². The maximum Gasteiger partial charge on any atom is 0.180 e. The summed E-state index contributed by atoms with van der Waals surface area (Å²) in [6, 6.07) is 12.2. The molecule has 0 saturated heterocycles. The van der Waals surface area contributed by atoms with Crippen LogP contribution in [0.3, 0.4) is 0 Å². The smallest absolute Gasteiger partial charge is 0.180 e. The van der Waals surface area contributed by atoms with Gasteiger partial charge in [0, 0.05) is 4.88 Å². The fourth-order valence-electron chi connectivity index (χ4n) is 2.71. The number of hydrogen-bond acceptors (Lipinski definition) is 2. The van der Waals surface area contributed by atoms with Crippen LogP contribution < -0.4 is 0 Å². The number of hydrogen-bond donors (Lipinski definition) is 0. The van der Waals surface area contributed by atoms with E-state index in [9.17, 15) is 4.79 Å². The number of Topliss-reactive ketones (excluding diaryl/α,β-unsaturated/α-hetero) is 1. The maximum absolute atomic E-state index is 12.7. The largest absolute Gasteiger partial charge is 0.293 e. The monoisotopic (exact) mass is 358 g/mol. The van der Waals surface area contributed by atoms with Crippen molar-refractivity contribution in [1.29, 1.82) is 0 Å². The Morgan fingerprint density at radius 3 is 2.81 bits per heavy atom. The molecular weight excluding hydrogens is 344 g/mol. The average Bonchev–Trinajstić information content (AvgIpc) is 2.99. The van der Waals surface area contributed by atoms with E-state index >= 15 is 0 Å². The van der Waals surface area contributed by atoms with E-state index in [1.165, 1.54) is 4.88 Å². The lowest BCUT2D eigenvalue weighted by Crippen LogP contribution is -2.35.